The van der Waals surface area contributed by atoms with Crippen LogP contribution in [0.1, 0.15) is 12.0 Å². The molecule has 1 aliphatic heterocycles. The second-order valence-corrected chi connectivity index (χ2v) is 7.53. The van der Waals surface area contributed by atoms with Crippen LogP contribution in [-0.2, 0) is 21.1 Å². The van der Waals surface area contributed by atoms with E-state index in [1.54, 1.807) is 30.1 Å². The summed E-state index contributed by atoms with van der Waals surface area (Å²) in [6, 6.07) is 6.94. The molecule has 1 heterocycles. The molecule has 0 bridgehead atoms. The molecular formula is C13H16ClNO3S. The SMILES string of the molecule is CN(C(=O)Cc1cccc(Cl)c1)C1CCS(=O)(=O)C1. The zero-order valence-corrected chi connectivity index (χ0v) is 12.2. The quantitative estimate of drug-likeness (QED) is 0.851. The van der Waals surface area contributed by atoms with Gasteiger partial charge in [0.2, 0.25) is 5.91 Å². The summed E-state index contributed by atoms with van der Waals surface area (Å²) in [5.41, 5.74) is 0.838. The highest BCUT2D eigenvalue weighted by Gasteiger charge is 2.32. The average molecular weight is 302 g/mol. The van der Waals surface area contributed by atoms with E-state index in [1.807, 2.05) is 6.07 Å². The van der Waals surface area contributed by atoms with Gasteiger partial charge in [-0.25, -0.2) is 8.42 Å². The van der Waals surface area contributed by atoms with Crippen LogP contribution in [0, 0.1) is 0 Å². The van der Waals surface area contributed by atoms with Crippen LogP contribution in [0.25, 0.3) is 0 Å². The molecule has 0 aromatic heterocycles. The zero-order chi connectivity index (χ0) is 14.0. The van der Waals surface area contributed by atoms with E-state index in [2.05, 4.69) is 0 Å². The topological polar surface area (TPSA) is 54.5 Å². The Kier molecular flexibility index (Phi) is 4.16. The Bertz CT molecular complexity index is 585. The molecule has 4 nitrogen and oxygen atoms in total. The van der Waals surface area contributed by atoms with Crippen molar-refractivity contribution in [2.75, 3.05) is 18.6 Å². The number of carbonyl (C=O) groups excluding carboxylic acids is 1. The lowest BCUT2D eigenvalue weighted by atomic mass is 10.1. The number of halogens is 1. The zero-order valence-electron chi connectivity index (χ0n) is 10.7. The fourth-order valence-corrected chi connectivity index (χ4v) is 4.22. The lowest BCUT2D eigenvalue weighted by Crippen LogP contribution is -2.38. The standard InChI is InChI=1S/C13H16ClNO3S/c1-15(12-5-6-19(17,18)9-12)13(16)8-10-3-2-4-11(14)7-10/h2-4,7,12H,5-6,8-9H2,1H3. The van der Waals surface area contributed by atoms with E-state index in [1.165, 1.54) is 0 Å². The Balaban J connectivity index is 2.00. The van der Waals surface area contributed by atoms with Crippen molar-refractivity contribution in [3.05, 3.63) is 34.9 Å². The van der Waals surface area contributed by atoms with E-state index in [9.17, 15) is 13.2 Å². The third kappa shape index (κ3) is 3.70. The Hall–Kier alpha value is -1.07. The summed E-state index contributed by atoms with van der Waals surface area (Å²) in [4.78, 5) is 13.7. The summed E-state index contributed by atoms with van der Waals surface area (Å²) in [5, 5.41) is 0.594. The number of rotatable bonds is 3. The van der Waals surface area contributed by atoms with Gasteiger partial charge in [-0.2, -0.15) is 0 Å². The van der Waals surface area contributed by atoms with Crippen molar-refractivity contribution in [2.24, 2.45) is 0 Å². The highest BCUT2D eigenvalue weighted by Crippen LogP contribution is 2.18. The summed E-state index contributed by atoms with van der Waals surface area (Å²) >= 11 is 5.87. The average Bonchev–Trinajstić information content (AvgIpc) is 2.68. The first-order valence-corrected chi connectivity index (χ1v) is 8.28. The molecule has 0 spiro atoms. The summed E-state index contributed by atoms with van der Waals surface area (Å²) in [5.74, 6) is 0.168. The fraction of sp³-hybridized carbons (Fsp3) is 0.462. The molecule has 1 atom stereocenters. The van der Waals surface area contributed by atoms with Crippen molar-refractivity contribution < 1.29 is 13.2 Å². The van der Waals surface area contributed by atoms with E-state index in [-0.39, 0.29) is 29.9 Å². The maximum atomic E-state index is 12.1. The van der Waals surface area contributed by atoms with Crippen molar-refractivity contribution >= 4 is 27.3 Å². The molecule has 6 heteroatoms. The lowest BCUT2D eigenvalue weighted by molar-refractivity contribution is -0.130. The van der Waals surface area contributed by atoms with Gasteiger partial charge in [0.1, 0.15) is 0 Å². The lowest BCUT2D eigenvalue weighted by Gasteiger charge is -2.23. The second-order valence-electron chi connectivity index (χ2n) is 4.87. The van der Waals surface area contributed by atoms with Crippen LogP contribution in [0.2, 0.25) is 5.02 Å². The van der Waals surface area contributed by atoms with Crippen LogP contribution in [0.15, 0.2) is 24.3 Å². The molecule has 0 saturated carbocycles. The molecule has 1 fully saturated rings. The van der Waals surface area contributed by atoms with Crippen LogP contribution in [0.5, 0.6) is 0 Å². The molecule has 1 aliphatic rings. The molecule has 0 radical (unpaired) electrons. The Morgan fingerprint density at radius 2 is 2.21 bits per heavy atom. The first-order valence-electron chi connectivity index (χ1n) is 6.08. The van der Waals surface area contributed by atoms with E-state index >= 15 is 0 Å². The molecule has 1 aromatic carbocycles. The number of carbonyl (C=O) groups is 1. The predicted octanol–water partition coefficient (Wildman–Crippen LogP) is 1.53. The minimum Gasteiger partial charge on any atom is -0.341 e. The van der Waals surface area contributed by atoms with Crippen LogP contribution in [-0.4, -0.2) is 43.8 Å². The number of likely N-dealkylation sites (N-methyl/N-ethyl adjacent to an activating group) is 1. The number of hydrogen-bond acceptors (Lipinski definition) is 3. The third-order valence-corrected chi connectivity index (χ3v) is 5.38. The van der Waals surface area contributed by atoms with Gasteiger partial charge in [0.15, 0.2) is 9.84 Å². The van der Waals surface area contributed by atoms with Gasteiger partial charge in [-0.05, 0) is 24.1 Å². The van der Waals surface area contributed by atoms with Gasteiger partial charge >= 0.3 is 0 Å². The molecule has 1 aromatic rings. The van der Waals surface area contributed by atoms with Crippen LogP contribution >= 0.6 is 11.6 Å². The molecule has 0 N–H and O–H groups in total. The smallest absolute Gasteiger partial charge is 0.227 e. The molecule has 2 rings (SSSR count). The summed E-state index contributed by atoms with van der Waals surface area (Å²) in [6.07, 6.45) is 0.772. The maximum absolute atomic E-state index is 12.1. The molecule has 19 heavy (non-hydrogen) atoms. The van der Waals surface area contributed by atoms with Gasteiger partial charge in [0.05, 0.1) is 17.9 Å². The largest absolute Gasteiger partial charge is 0.341 e. The predicted molar refractivity (Wildman–Crippen MR) is 75.0 cm³/mol. The molecule has 1 saturated heterocycles. The molecular weight excluding hydrogens is 286 g/mol. The fourth-order valence-electron chi connectivity index (χ4n) is 2.23. The van der Waals surface area contributed by atoms with Crippen molar-refractivity contribution in [3.8, 4) is 0 Å². The van der Waals surface area contributed by atoms with Crippen molar-refractivity contribution in [1.82, 2.24) is 4.90 Å². The summed E-state index contributed by atoms with van der Waals surface area (Å²) < 4.78 is 22.8. The van der Waals surface area contributed by atoms with Gasteiger partial charge < -0.3 is 4.90 Å². The first-order chi connectivity index (χ1) is 8.87. The van der Waals surface area contributed by atoms with E-state index in [4.69, 9.17) is 11.6 Å². The molecule has 1 unspecified atom stereocenters. The van der Waals surface area contributed by atoms with E-state index in [0.717, 1.165) is 5.56 Å². The van der Waals surface area contributed by atoms with Crippen LogP contribution in [0.3, 0.4) is 0 Å². The number of hydrogen-bond donors (Lipinski definition) is 0. The molecule has 0 aliphatic carbocycles. The highest BCUT2D eigenvalue weighted by molar-refractivity contribution is 7.91. The van der Waals surface area contributed by atoms with Crippen LogP contribution < -0.4 is 0 Å². The minimum atomic E-state index is -2.97. The molecule has 104 valence electrons. The van der Waals surface area contributed by atoms with Gasteiger partial charge in [-0.3, -0.25) is 4.79 Å². The summed E-state index contributed by atoms with van der Waals surface area (Å²) in [7, 11) is -1.30. The summed E-state index contributed by atoms with van der Waals surface area (Å²) in [6.45, 7) is 0. The molecule has 1 amide bonds. The van der Waals surface area contributed by atoms with Gasteiger partial charge in [0.25, 0.3) is 0 Å². The Morgan fingerprint density at radius 3 is 2.79 bits per heavy atom. The Labute approximate surface area is 118 Å². The second kappa shape index (κ2) is 5.51. The highest BCUT2D eigenvalue weighted by atomic mass is 35.5. The number of amides is 1. The van der Waals surface area contributed by atoms with Crippen molar-refractivity contribution in [3.63, 3.8) is 0 Å². The van der Waals surface area contributed by atoms with Gasteiger partial charge in [0, 0.05) is 18.1 Å². The van der Waals surface area contributed by atoms with Gasteiger partial charge in [-0.15, -0.1) is 0 Å². The van der Waals surface area contributed by atoms with E-state index in [0.29, 0.717) is 11.4 Å². The first kappa shape index (κ1) is 14.3. The minimum absolute atomic E-state index is 0.0742. The van der Waals surface area contributed by atoms with Gasteiger partial charge in [-0.1, -0.05) is 23.7 Å². The van der Waals surface area contributed by atoms with Crippen LogP contribution in [0.4, 0.5) is 0 Å². The number of benzene rings is 1. The number of sulfone groups is 1. The maximum Gasteiger partial charge on any atom is 0.227 e. The normalized spacial score (nSPS) is 21.3. The monoisotopic (exact) mass is 301 g/mol. The number of nitrogens with zero attached hydrogens (tertiary/aromatic N) is 1. The van der Waals surface area contributed by atoms with E-state index < -0.39 is 9.84 Å². The van der Waals surface area contributed by atoms with Crippen molar-refractivity contribution in [1.29, 1.82) is 0 Å². The third-order valence-electron chi connectivity index (χ3n) is 3.39. The Morgan fingerprint density at radius 1 is 1.47 bits per heavy atom. The van der Waals surface area contributed by atoms with Crippen molar-refractivity contribution in [2.45, 2.75) is 18.9 Å².